The molecule has 0 radical (unpaired) electrons. The normalized spacial score (nSPS) is 11.2. The van der Waals surface area contributed by atoms with Crippen LogP contribution in [0.4, 0.5) is 14.9 Å². The number of halogens is 1. The summed E-state index contributed by atoms with van der Waals surface area (Å²) in [5.41, 5.74) is 3.93. The summed E-state index contributed by atoms with van der Waals surface area (Å²) in [6.07, 6.45) is 1.59. The van der Waals surface area contributed by atoms with Crippen LogP contribution >= 0.6 is 0 Å². The van der Waals surface area contributed by atoms with Gasteiger partial charge in [-0.05, 0) is 52.8 Å². The third-order valence-electron chi connectivity index (χ3n) is 5.11. The zero-order valence-corrected chi connectivity index (χ0v) is 18.0. The number of furan rings is 1. The van der Waals surface area contributed by atoms with Crippen LogP contribution in [0.1, 0.15) is 62.0 Å². The molecule has 0 aliphatic rings. The largest absolute Gasteiger partial charge is 0.467 e. The van der Waals surface area contributed by atoms with Gasteiger partial charge in [-0.15, -0.1) is 0 Å². The number of rotatable bonds is 7. The Labute approximate surface area is 177 Å². The van der Waals surface area contributed by atoms with Crippen LogP contribution in [0, 0.1) is 5.82 Å². The molecule has 0 fully saturated rings. The third-order valence-corrected chi connectivity index (χ3v) is 5.11. The second-order valence-electron chi connectivity index (χ2n) is 8.11. The number of carbonyl (C=O) groups is 1. The maximum absolute atomic E-state index is 13.4. The number of nitrogens with zero attached hydrogens (tertiary/aromatic N) is 1. The predicted octanol–water partition coefficient (Wildman–Crippen LogP) is 6.90. The fourth-order valence-electron chi connectivity index (χ4n) is 3.48. The fraction of sp³-hybridized carbons (Fsp3) is 0.320. The van der Waals surface area contributed by atoms with Gasteiger partial charge in [-0.3, -0.25) is 0 Å². The molecule has 0 unspecified atom stereocenters. The molecular weight excluding hydrogens is 379 g/mol. The lowest BCUT2D eigenvalue weighted by atomic mass is 9.93. The molecule has 30 heavy (non-hydrogen) atoms. The Balaban J connectivity index is 1.90. The number of hydrogen-bond acceptors (Lipinski definition) is 2. The SMILES string of the molecule is CC(C)c1cccc(C(C)C)c1NC(=O)N(Cc1ccc(F)cc1)Cc1ccco1. The van der Waals surface area contributed by atoms with E-state index in [4.69, 9.17) is 4.42 Å². The minimum Gasteiger partial charge on any atom is -0.467 e. The lowest BCUT2D eigenvalue weighted by Gasteiger charge is -2.26. The van der Waals surface area contributed by atoms with Gasteiger partial charge in [0.2, 0.25) is 0 Å². The van der Waals surface area contributed by atoms with E-state index in [1.807, 2.05) is 12.1 Å². The van der Waals surface area contributed by atoms with E-state index >= 15 is 0 Å². The highest BCUT2D eigenvalue weighted by atomic mass is 19.1. The number of benzene rings is 2. The van der Waals surface area contributed by atoms with E-state index in [0.717, 1.165) is 22.4 Å². The summed E-state index contributed by atoms with van der Waals surface area (Å²) in [6, 6.07) is 15.8. The predicted molar refractivity (Wildman–Crippen MR) is 118 cm³/mol. The molecule has 1 heterocycles. The quantitative estimate of drug-likeness (QED) is 0.462. The number of anilines is 1. The molecule has 3 aromatic rings. The van der Waals surface area contributed by atoms with Crippen LogP contribution in [0.3, 0.4) is 0 Å². The molecule has 0 aliphatic heterocycles. The molecule has 3 rings (SSSR count). The van der Waals surface area contributed by atoms with Crippen molar-refractivity contribution in [3.8, 4) is 0 Å². The van der Waals surface area contributed by atoms with Crippen LogP contribution in [-0.4, -0.2) is 10.9 Å². The second-order valence-corrected chi connectivity index (χ2v) is 8.11. The molecule has 158 valence electrons. The van der Waals surface area contributed by atoms with Gasteiger partial charge in [0, 0.05) is 12.2 Å². The molecule has 4 nitrogen and oxygen atoms in total. The van der Waals surface area contributed by atoms with Gasteiger partial charge in [0.15, 0.2) is 0 Å². The zero-order chi connectivity index (χ0) is 21.7. The smallest absolute Gasteiger partial charge is 0.322 e. The van der Waals surface area contributed by atoms with Gasteiger partial charge in [0.05, 0.1) is 12.8 Å². The van der Waals surface area contributed by atoms with Crippen molar-refractivity contribution < 1.29 is 13.6 Å². The molecule has 0 bridgehead atoms. The van der Waals surface area contributed by atoms with Crippen LogP contribution < -0.4 is 5.32 Å². The highest BCUT2D eigenvalue weighted by molar-refractivity contribution is 5.91. The summed E-state index contributed by atoms with van der Waals surface area (Å²) in [5.74, 6) is 0.936. The monoisotopic (exact) mass is 408 g/mol. The average Bonchev–Trinajstić information content (AvgIpc) is 3.22. The first-order valence-electron chi connectivity index (χ1n) is 10.3. The van der Waals surface area contributed by atoms with Gasteiger partial charge in [-0.2, -0.15) is 0 Å². The maximum atomic E-state index is 13.4. The molecule has 5 heteroatoms. The van der Waals surface area contributed by atoms with Gasteiger partial charge < -0.3 is 14.6 Å². The highest BCUT2D eigenvalue weighted by Gasteiger charge is 2.21. The first-order chi connectivity index (χ1) is 14.3. The van der Waals surface area contributed by atoms with Gasteiger partial charge >= 0.3 is 6.03 Å². The molecule has 0 atom stereocenters. The summed E-state index contributed by atoms with van der Waals surface area (Å²) in [6.45, 7) is 9.13. The topological polar surface area (TPSA) is 45.5 Å². The molecule has 2 aromatic carbocycles. The van der Waals surface area contributed by atoms with Crippen LogP contribution in [0.15, 0.2) is 65.3 Å². The Bertz CT molecular complexity index is 937. The van der Waals surface area contributed by atoms with E-state index in [9.17, 15) is 9.18 Å². The van der Waals surface area contributed by atoms with Crippen molar-refractivity contribution in [2.45, 2.75) is 52.6 Å². The Morgan fingerprint density at radius 2 is 1.57 bits per heavy atom. The van der Waals surface area contributed by atoms with Crippen LogP contribution in [-0.2, 0) is 13.1 Å². The second kappa shape index (κ2) is 9.61. The van der Waals surface area contributed by atoms with Gasteiger partial charge in [0.1, 0.15) is 11.6 Å². The van der Waals surface area contributed by atoms with Crippen LogP contribution in [0.5, 0.6) is 0 Å². The standard InChI is InChI=1S/C25H29FN2O2/c1-17(2)22-8-5-9-23(18(3)4)24(22)27-25(29)28(16-21-7-6-14-30-21)15-19-10-12-20(26)13-11-19/h5-14,17-18H,15-16H2,1-4H3,(H,27,29). The first kappa shape index (κ1) is 21.6. The molecule has 0 spiro atoms. The lowest BCUT2D eigenvalue weighted by Crippen LogP contribution is -2.34. The van der Waals surface area contributed by atoms with Crippen molar-refractivity contribution in [1.82, 2.24) is 4.90 Å². The summed E-state index contributed by atoms with van der Waals surface area (Å²) in [7, 11) is 0. The van der Waals surface area contributed by atoms with Gasteiger partial charge in [-0.1, -0.05) is 58.0 Å². The number of hydrogen-bond donors (Lipinski definition) is 1. The molecule has 0 saturated carbocycles. The van der Waals surface area contributed by atoms with Crippen LogP contribution in [0.25, 0.3) is 0 Å². The minimum absolute atomic E-state index is 0.217. The minimum atomic E-state index is -0.298. The van der Waals surface area contributed by atoms with E-state index in [2.05, 4.69) is 45.1 Å². The number of nitrogens with one attached hydrogen (secondary N) is 1. The van der Waals surface area contributed by atoms with E-state index in [0.29, 0.717) is 18.8 Å². The molecular formula is C25H29FN2O2. The molecule has 1 N–H and O–H groups in total. The number of urea groups is 1. The molecule has 0 aliphatic carbocycles. The summed E-state index contributed by atoms with van der Waals surface area (Å²) in [5, 5.41) is 3.16. The zero-order valence-electron chi connectivity index (χ0n) is 18.0. The van der Waals surface area contributed by atoms with Gasteiger partial charge in [-0.25, -0.2) is 9.18 Å². The molecule has 1 aromatic heterocycles. The van der Waals surface area contributed by atoms with Crippen molar-refractivity contribution in [2.75, 3.05) is 5.32 Å². The van der Waals surface area contributed by atoms with E-state index in [-0.39, 0.29) is 23.7 Å². The Morgan fingerprint density at radius 3 is 2.10 bits per heavy atom. The fourth-order valence-corrected chi connectivity index (χ4v) is 3.48. The van der Waals surface area contributed by atoms with Crippen molar-refractivity contribution >= 4 is 11.7 Å². The Kier molecular flexibility index (Phi) is 6.93. The van der Waals surface area contributed by atoms with Crippen molar-refractivity contribution in [1.29, 1.82) is 0 Å². The third kappa shape index (κ3) is 5.29. The van der Waals surface area contributed by atoms with Crippen molar-refractivity contribution in [3.63, 3.8) is 0 Å². The first-order valence-corrected chi connectivity index (χ1v) is 10.3. The van der Waals surface area contributed by atoms with Crippen molar-refractivity contribution in [2.24, 2.45) is 0 Å². The lowest BCUT2D eigenvalue weighted by molar-refractivity contribution is 0.201. The summed E-state index contributed by atoms with van der Waals surface area (Å²) < 4.78 is 18.8. The van der Waals surface area contributed by atoms with Crippen LogP contribution in [0.2, 0.25) is 0 Å². The van der Waals surface area contributed by atoms with E-state index in [1.54, 1.807) is 29.4 Å². The Hall–Kier alpha value is -3.08. The van der Waals surface area contributed by atoms with Gasteiger partial charge in [0.25, 0.3) is 0 Å². The van der Waals surface area contributed by atoms with Crippen molar-refractivity contribution in [3.05, 3.63) is 89.1 Å². The Morgan fingerprint density at radius 1 is 0.933 bits per heavy atom. The number of carbonyl (C=O) groups excluding carboxylic acids is 1. The average molecular weight is 409 g/mol. The van der Waals surface area contributed by atoms with E-state index < -0.39 is 0 Å². The van der Waals surface area contributed by atoms with E-state index in [1.165, 1.54) is 12.1 Å². The molecule has 0 saturated heterocycles. The summed E-state index contributed by atoms with van der Waals surface area (Å²) >= 11 is 0. The molecule has 2 amide bonds. The number of para-hydroxylation sites is 1. The number of amides is 2. The highest BCUT2D eigenvalue weighted by Crippen LogP contribution is 2.32. The maximum Gasteiger partial charge on any atom is 0.322 e. The summed E-state index contributed by atoms with van der Waals surface area (Å²) in [4.78, 5) is 15.0.